The number of ether oxygens (including phenoxy) is 1. The monoisotopic (exact) mass is 436 g/mol. The highest BCUT2D eigenvalue weighted by Crippen LogP contribution is 2.16. The van der Waals surface area contributed by atoms with Crippen LogP contribution in [0.5, 0.6) is 0 Å². The Labute approximate surface area is 174 Å². The maximum absolute atomic E-state index is 13.0. The van der Waals surface area contributed by atoms with Crippen molar-refractivity contribution in [3.05, 3.63) is 59.9 Å². The second-order valence-corrected chi connectivity index (χ2v) is 8.84. The number of hydrogen-bond donors (Lipinski definition) is 2. The Morgan fingerprint density at radius 3 is 2.23 bits per heavy atom. The highest BCUT2D eigenvalue weighted by molar-refractivity contribution is 7.89. The number of quaternary nitrogens is 1. The molecular weight excluding hydrogens is 413 g/mol. The number of methoxy groups -OCH3 is 1. The van der Waals surface area contributed by atoms with Crippen LogP contribution in [0.25, 0.3) is 0 Å². The average molecular weight is 436 g/mol. The number of sulfonamides is 1. The van der Waals surface area contributed by atoms with E-state index in [1.54, 1.807) is 24.3 Å². The minimum absolute atomic E-state index is 0.0560. The van der Waals surface area contributed by atoms with Crippen LogP contribution in [0.3, 0.4) is 0 Å². The van der Waals surface area contributed by atoms with Crippen LogP contribution < -0.4 is 10.2 Å². The van der Waals surface area contributed by atoms with Crippen molar-refractivity contribution in [2.75, 3.05) is 45.2 Å². The third-order valence-electron chi connectivity index (χ3n) is 4.88. The van der Waals surface area contributed by atoms with Crippen molar-refractivity contribution in [3.63, 3.8) is 0 Å². The lowest BCUT2D eigenvalue weighted by Gasteiger charge is -2.31. The van der Waals surface area contributed by atoms with Gasteiger partial charge in [-0.1, -0.05) is 0 Å². The van der Waals surface area contributed by atoms with Crippen molar-refractivity contribution >= 4 is 27.6 Å². The molecule has 0 atom stereocenters. The zero-order chi connectivity index (χ0) is 21.7. The Balaban J connectivity index is 1.51. The van der Waals surface area contributed by atoms with E-state index in [2.05, 4.69) is 10.1 Å². The van der Waals surface area contributed by atoms with Gasteiger partial charge in [0, 0.05) is 5.69 Å². The van der Waals surface area contributed by atoms with Crippen LogP contribution in [0, 0.1) is 5.82 Å². The molecule has 3 rings (SSSR count). The molecule has 2 aromatic carbocycles. The van der Waals surface area contributed by atoms with E-state index in [1.807, 2.05) is 0 Å². The highest BCUT2D eigenvalue weighted by Gasteiger charge is 2.31. The third-order valence-corrected chi connectivity index (χ3v) is 6.79. The number of benzene rings is 2. The maximum Gasteiger partial charge on any atom is 0.337 e. The second-order valence-electron chi connectivity index (χ2n) is 6.90. The van der Waals surface area contributed by atoms with Crippen molar-refractivity contribution in [1.29, 1.82) is 0 Å². The Hall–Kier alpha value is -2.82. The van der Waals surface area contributed by atoms with Crippen LogP contribution >= 0.6 is 0 Å². The number of piperazine rings is 1. The molecule has 0 bridgehead atoms. The van der Waals surface area contributed by atoms with E-state index in [0.717, 1.165) is 17.0 Å². The first-order chi connectivity index (χ1) is 14.3. The Bertz CT molecular complexity index is 1000. The molecule has 0 spiro atoms. The van der Waals surface area contributed by atoms with Crippen molar-refractivity contribution in [2.45, 2.75) is 4.90 Å². The van der Waals surface area contributed by atoms with Gasteiger partial charge in [0.15, 0.2) is 6.54 Å². The molecule has 10 heteroatoms. The summed E-state index contributed by atoms with van der Waals surface area (Å²) in [5.41, 5.74) is 0.948. The van der Waals surface area contributed by atoms with Crippen LogP contribution in [-0.2, 0) is 19.6 Å². The summed E-state index contributed by atoms with van der Waals surface area (Å²) in [5.74, 6) is -1.15. The molecule has 0 aliphatic carbocycles. The molecule has 0 unspecified atom stereocenters. The zero-order valence-corrected chi connectivity index (χ0v) is 17.2. The van der Waals surface area contributed by atoms with Crippen LogP contribution in [-0.4, -0.2) is 64.4 Å². The number of esters is 1. The lowest BCUT2D eigenvalue weighted by Crippen LogP contribution is -3.15. The molecular formula is C20H23FN3O5S+. The Morgan fingerprint density at radius 2 is 1.67 bits per heavy atom. The fourth-order valence-corrected chi connectivity index (χ4v) is 4.66. The second kappa shape index (κ2) is 9.33. The number of hydrogen-bond acceptors (Lipinski definition) is 5. The van der Waals surface area contributed by atoms with Crippen LogP contribution in [0.2, 0.25) is 0 Å². The topological polar surface area (TPSA) is 97.2 Å². The number of anilines is 1. The van der Waals surface area contributed by atoms with Gasteiger partial charge in [0.1, 0.15) is 5.82 Å². The average Bonchev–Trinajstić information content (AvgIpc) is 2.74. The minimum Gasteiger partial charge on any atom is -0.465 e. The molecule has 30 heavy (non-hydrogen) atoms. The summed E-state index contributed by atoms with van der Waals surface area (Å²) >= 11 is 0. The highest BCUT2D eigenvalue weighted by atomic mass is 32.2. The number of halogens is 1. The maximum atomic E-state index is 13.0. The molecule has 0 saturated carbocycles. The van der Waals surface area contributed by atoms with Crippen LogP contribution in [0.15, 0.2) is 53.4 Å². The first-order valence-electron chi connectivity index (χ1n) is 9.37. The van der Waals surface area contributed by atoms with Crippen LogP contribution in [0.4, 0.5) is 10.1 Å². The van der Waals surface area contributed by atoms with Crippen molar-refractivity contribution in [3.8, 4) is 0 Å². The Kier molecular flexibility index (Phi) is 6.80. The third kappa shape index (κ3) is 5.21. The van der Waals surface area contributed by atoms with E-state index in [-0.39, 0.29) is 30.4 Å². The van der Waals surface area contributed by atoms with E-state index in [1.165, 1.54) is 23.5 Å². The number of carbonyl (C=O) groups excluding carboxylic acids is 2. The quantitative estimate of drug-likeness (QED) is 0.628. The molecule has 2 N–H and O–H groups in total. The van der Waals surface area contributed by atoms with E-state index < -0.39 is 21.8 Å². The number of nitrogens with zero attached hydrogens (tertiary/aromatic N) is 1. The van der Waals surface area contributed by atoms with Gasteiger partial charge in [-0.3, -0.25) is 4.79 Å². The summed E-state index contributed by atoms with van der Waals surface area (Å²) in [6, 6.07) is 11.1. The van der Waals surface area contributed by atoms with Gasteiger partial charge in [-0.25, -0.2) is 17.6 Å². The molecule has 1 amide bonds. The lowest BCUT2D eigenvalue weighted by molar-refractivity contribution is -0.895. The molecule has 0 aromatic heterocycles. The van der Waals surface area contributed by atoms with E-state index in [0.29, 0.717) is 24.3 Å². The first-order valence-corrected chi connectivity index (χ1v) is 10.8. The smallest absolute Gasteiger partial charge is 0.337 e. The summed E-state index contributed by atoms with van der Waals surface area (Å²) in [6.45, 7) is 1.71. The summed E-state index contributed by atoms with van der Waals surface area (Å²) in [4.78, 5) is 24.8. The number of nitrogens with one attached hydrogen (secondary N) is 2. The SMILES string of the molecule is COC(=O)c1ccc(NC(=O)C[NH+]2CCN(S(=O)(=O)c3ccc(F)cc3)CC2)cc1. The van der Waals surface area contributed by atoms with Gasteiger partial charge in [0.05, 0.1) is 43.7 Å². The fraction of sp³-hybridized carbons (Fsp3) is 0.300. The predicted octanol–water partition coefficient (Wildman–Crippen LogP) is 0.140. The zero-order valence-electron chi connectivity index (χ0n) is 16.4. The van der Waals surface area contributed by atoms with Gasteiger partial charge < -0.3 is 15.0 Å². The van der Waals surface area contributed by atoms with Crippen molar-refractivity contribution < 1.29 is 32.0 Å². The van der Waals surface area contributed by atoms with E-state index in [4.69, 9.17) is 0 Å². The van der Waals surface area contributed by atoms with Crippen molar-refractivity contribution in [2.24, 2.45) is 0 Å². The molecule has 1 heterocycles. The fourth-order valence-electron chi connectivity index (χ4n) is 3.21. The molecule has 1 aliphatic heterocycles. The number of carbonyl (C=O) groups is 2. The number of amides is 1. The van der Waals surface area contributed by atoms with Gasteiger partial charge in [0.25, 0.3) is 5.91 Å². The van der Waals surface area contributed by atoms with Gasteiger partial charge in [-0.2, -0.15) is 4.31 Å². The van der Waals surface area contributed by atoms with Crippen LogP contribution in [0.1, 0.15) is 10.4 Å². The molecule has 8 nitrogen and oxygen atoms in total. The van der Waals surface area contributed by atoms with Gasteiger partial charge in [0.2, 0.25) is 10.0 Å². The molecule has 0 radical (unpaired) electrons. The molecule has 160 valence electrons. The van der Waals surface area contributed by atoms with Gasteiger partial charge >= 0.3 is 5.97 Å². The summed E-state index contributed by atoms with van der Waals surface area (Å²) in [6.07, 6.45) is 0. The largest absolute Gasteiger partial charge is 0.465 e. The summed E-state index contributed by atoms with van der Waals surface area (Å²) in [7, 11) is -2.38. The van der Waals surface area contributed by atoms with Gasteiger partial charge in [-0.05, 0) is 48.5 Å². The van der Waals surface area contributed by atoms with E-state index in [9.17, 15) is 22.4 Å². The van der Waals surface area contributed by atoms with Crippen molar-refractivity contribution in [1.82, 2.24) is 4.31 Å². The van der Waals surface area contributed by atoms with E-state index >= 15 is 0 Å². The van der Waals surface area contributed by atoms with Gasteiger partial charge in [-0.15, -0.1) is 0 Å². The standard InChI is InChI=1S/C20H22FN3O5S/c1-29-20(26)15-2-6-17(7-3-15)22-19(25)14-23-10-12-24(13-11-23)30(27,28)18-8-4-16(21)5-9-18/h2-9H,10-14H2,1H3,(H,22,25)/p+1. The summed E-state index contributed by atoms with van der Waals surface area (Å²) < 4.78 is 44.3. The predicted molar refractivity (Wildman–Crippen MR) is 107 cm³/mol. The first kappa shape index (κ1) is 21.9. The Morgan fingerprint density at radius 1 is 1.07 bits per heavy atom. The normalized spacial score (nSPS) is 15.5. The number of rotatable bonds is 6. The minimum atomic E-state index is -3.68. The molecule has 1 aliphatic rings. The lowest BCUT2D eigenvalue weighted by atomic mass is 10.2. The molecule has 1 saturated heterocycles. The molecule has 1 fully saturated rings. The summed E-state index contributed by atoms with van der Waals surface area (Å²) in [5, 5.41) is 2.77. The molecule has 2 aromatic rings.